The van der Waals surface area contributed by atoms with Gasteiger partial charge < -0.3 is 5.73 Å². The third-order valence-electron chi connectivity index (χ3n) is 2.97. The average molecular weight is 285 g/mol. The minimum atomic E-state index is -3.45. The molecule has 0 aromatic heterocycles. The highest BCUT2D eigenvalue weighted by molar-refractivity contribution is 7.87. The predicted octanol–water partition coefficient (Wildman–Crippen LogP) is 1.90. The zero-order valence-electron chi connectivity index (χ0n) is 11.8. The van der Waals surface area contributed by atoms with Gasteiger partial charge in [0.1, 0.15) is 0 Å². The van der Waals surface area contributed by atoms with E-state index in [0.717, 1.165) is 18.4 Å². The molecule has 108 valence electrons. The highest BCUT2D eigenvalue weighted by Gasteiger charge is 2.20. The molecule has 0 radical (unpaired) electrons. The van der Waals surface area contributed by atoms with Gasteiger partial charge in [-0.05, 0) is 31.0 Å². The van der Waals surface area contributed by atoms with Crippen LogP contribution in [0.5, 0.6) is 0 Å². The Morgan fingerprint density at radius 3 is 2.68 bits per heavy atom. The van der Waals surface area contributed by atoms with Crippen LogP contribution in [0.25, 0.3) is 0 Å². The summed E-state index contributed by atoms with van der Waals surface area (Å²) >= 11 is 0. The molecule has 5 nitrogen and oxygen atoms in total. The van der Waals surface area contributed by atoms with Crippen LogP contribution in [-0.2, 0) is 10.2 Å². The molecule has 1 aromatic carbocycles. The van der Waals surface area contributed by atoms with Crippen molar-refractivity contribution >= 4 is 15.9 Å². The second-order valence-electron chi connectivity index (χ2n) is 4.69. The normalized spacial score (nSPS) is 13.7. The Hall–Kier alpha value is -1.11. The number of nitrogen functional groups attached to an aromatic ring is 1. The lowest BCUT2D eigenvalue weighted by Crippen LogP contribution is -2.39. The molecule has 0 aliphatic carbocycles. The molecule has 0 fully saturated rings. The van der Waals surface area contributed by atoms with Gasteiger partial charge in [-0.1, -0.05) is 25.5 Å². The highest BCUT2D eigenvalue weighted by Crippen LogP contribution is 2.16. The topological polar surface area (TPSA) is 75.4 Å². The summed E-state index contributed by atoms with van der Waals surface area (Å²) in [6, 6.07) is 6.92. The van der Waals surface area contributed by atoms with Gasteiger partial charge in [0.15, 0.2) is 0 Å². The summed E-state index contributed by atoms with van der Waals surface area (Å²) in [6.45, 7) is 4.36. The number of anilines is 1. The van der Waals surface area contributed by atoms with Crippen LogP contribution in [0.15, 0.2) is 24.3 Å². The molecule has 0 bridgehead atoms. The first-order valence-electron chi connectivity index (χ1n) is 6.46. The zero-order chi connectivity index (χ0) is 14.5. The number of benzene rings is 1. The minimum Gasteiger partial charge on any atom is -0.399 e. The van der Waals surface area contributed by atoms with Crippen LogP contribution in [0.3, 0.4) is 0 Å². The van der Waals surface area contributed by atoms with Crippen LogP contribution in [0.1, 0.15) is 38.3 Å². The summed E-state index contributed by atoms with van der Waals surface area (Å²) < 4.78 is 28.2. The van der Waals surface area contributed by atoms with E-state index < -0.39 is 10.2 Å². The van der Waals surface area contributed by atoms with E-state index in [1.54, 1.807) is 26.1 Å². The van der Waals surface area contributed by atoms with Crippen LogP contribution in [0.4, 0.5) is 5.69 Å². The van der Waals surface area contributed by atoms with Crippen LogP contribution in [0, 0.1) is 0 Å². The molecule has 6 heteroatoms. The molecule has 1 atom stereocenters. The van der Waals surface area contributed by atoms with Gasteiger partial charge in [0, 0.05) is 25.3 Å². The third kappa shape index (κ3) is 4.81. The summed E-state index contributed by atoms with van der Waals surface area (Å²) in [7, 11) is -1.86. The lowest BCUT2D eigenvalue weighted by molar-refractivity contribution is 0.442. The van der Waals surface area contributed by atoms with Crippen LogP contribution < -0.4 is 10.5 Å². The molecule has 1 aromatic rings. The smallest absolute Gasteiger partial charge is 0.279 e. The Morgan fingerprint density at radius 1 is 1.42 bits per heavy atom. The van der Waals surface area contributed by atoms with Crippen molar-refractivity contribution < 1.29 is 8.42 Å². The largest absolute Gasteiger partial charge is 0.399 e. The van der Waals surface area contributed by atoms with E-state index in [1.807, 2.05) is 19.1 Å². The maximum Gasteiger partial charge on any atom is 0.279 e. The molecule has 1 unspecified atom stereocenters. The highest BCUT2D eigenvalue weighted by atomic mass is 32.2. The molecule has 0 saturated heterocycles. The summed E-state index contributed by atoms with van der Waals surface area (Å²) in [5.41, 5.74) is 7.18. The minimum absolute atomic E-state index is 0.308. The fourth-order valence-electron chi connectivity index (χ4n) is 1.71. The maximum atomic E-state index is 12.1. The van der Waals surface area contributed by atoms with E-state index in [1.165, 1.54) is 4.31 Å². The average Bonchev–Trinajstić information content (AvgIpc) is 2.35. The van der Waals surface area contributed by atoms with Crippen molar-refractivity contribution in [1.82, 2.24) is 9.03 Å². The molecule has 1 rings (SSSR count). The van der Waals surface area contributed by atoms with Crippen LogP contribution in [0.2, 0.25) is 0 Å². The molecule has 0 aliphatic heterocycles. The lowest BCUT2D eigenvalue weighted by Gasteiger charge is -2.21. The number of hydrogen-bond donors (Lipinski definition) is 2. The second-order valence-corrected chi connectivity index (χ2v) is 6.50. The molecule has 0 amide bonds. The number of nitrogens with one attached hydrogen (secondary N) is 1. The van der Waals surface area contributed by atoms with Crippen LogP contribution in [-0.4, -0.2) is 26.3 Å². The van der Waals surface area contributed by atoms with E-state index in [0.29, 0.717) is 12.2 Å². The van der Waals surface area contributed by atoms with Gasteiger partial charge in [-0.25, -0.2) is 0 Å². The predicted molar refractivity (Wildman–Crippen MR) is 78.9 cm³/mol. The first-order valence-corrected chi connectivity index (χ1v) is 7.90. The van der Waals surface area contributed by atoms with Crippen molar-refractivity contribution in [1.29, 1.82) is 0 Å². The summed E-state index contributed by atoms with van der Waals surface area (Å²) in [5.74, 6) is 0. The van der Waals surface area contributed by atoms with E-state index >= 15 is 0 Å². The lowest BCUT2D eigenvalue weighted by atomic mass is 10.1. The quantitative estimate of drug-likeness (QED) is 0.751. The number of nitrogens with two attached hydrogens (primary N) is 1. The van der Waals surface area contributed by atoms with Gasteiger partial charge in [0.2, 0.25) is 0 Å². The Bertz CT molecular complexity index is 502. The number of hydrogen-bond acceptors (Lipinski definition) is 3. The third-order valence-corrected chi connectivity index (χ3v) is 4.63. The molecule has 0 aliphatic rings. The van der Waals surface area contributed by atoms with Crippen molar-refractivity contribution in [3.63, 3.8) is 0 Å². The van der Waals surface area contributed by atoms with Crippen LogP contribution >= 0.6 is 0 Å². The SMILES string of the molecule is CCCCN(C)S(=O)(=O)NC(C)c1cccc(N)c1. The first kappa shape index (κ1) is 15.9. The molecule has 0 spiro atoms. The Kier molecular flexibility index (Phi) is 5.78. The summed E-state index contributed by atoms with van der Waals surface area (Å²) in [6.07, 6.45) is 1.81. The number of nitrogens with zero attached hydrogens (tertiary/aromatic N) is 1. The molecular formula is C13H23N3O2S. The monoisotopic (exact) mass is 285 g/mol. The first-order chi connectivity index (χ1) is 8.86. The van der Waals surface area contributed by atoms with Gasteiger partial charge in [0.05, 0.1) is 0 Å². The number of rotatable bonds is 7. The fourth-order valence-corrected chi connectivity index (χ4v) is 2.84. The Balaban J connectivity index is 2.72. The van der Waals surface area contributed by atoms with Gasteiger partial charge in [-0.3, -0.25) is 0 Å². The molecule has 0 saturated carbocycles. The molecule has 19 heavy (non-hydrogen) atoms. The summed E-state index contributed by atoms with van der Waals surface area (Å²) in [5, 5.41) is 0. The Labute approximate surface area is 116 Å². The van der Waals surface area contributed by atoms with E-state index in [2.05, 4.69) is 4.72 Å². The van der Waals surface area contributed by atoms with Crippen molar-refractivity contribution in [3.8, 4) is 0 Å². The van der Waals surface area contributed by atoms with Crippen molar-refractivity contribution in [2.45, 2.75) is 32.7 Å². The van der Waals surface area contributed by atoms with Crippen molar-refractivity contribution in [2.24, 2.45) is 0 Å². The van der Waals surface area contributed by atoms with E-state index in [-0.39, 0.29) is 6.04 Å². The van der Waals surface area contributed by atoms with E-state index in [9.17, 15) is 8.42 Å². The van der Waals surface area contributed by atoms with Gasteiger partial charge in [-0.2, -0.15) is 17.4 Å². The fraction of sp³-hybridized carbons (Fsp3) is 0.538. The van der Waals surface area contributed by atoms with Crippen molar-refractivity contribution in [3.05, 3.63) is 29.8 Å². The zero-order valence-corrected chi connectivity index (χ0v) is 12.6. The van der Waals surface area contributed by atoms with Gasteiger partial charge in [-0.15, -0.1) is 0 Å². The number of unbranched alkanes of at least 4 members (excludes halogenated alkanes) is 1. The molecule has 0 heterocycles. The Morgan fingerprint density at radius 2 is 2.11 bits per heavy atom. The summed E-state index contributed by atoms with van der Waals surface area (Å²) in [4.78, 5) is 0. The maximum absolute atomic E-state index is 12.1. The standard InChI is InChI=1S/C13H23N3O2S/c1-4-5-9-16(3)19(17,18)15-11(2)12-7-6-8-13(14)10-12/h6-8,10-11,15H,4-5,9,14H2,1-3H3. The molecular weight excluding hydrogens is 262 g/mol. The van der Waals surface area contributed by atoms with Gasteiger partial charge >= 0.3 is 0 Å². The molecule has 3 N–H and O–H groups in total. The van der Waals surface area contributed by atoms with Crippen molar-refractivity contribution in [2.75, 3.05) is 19.3 Å². The van der Waals surface area contributed by atoms with Gasteiger partial charge in [0.25, 0.3) is 10.2 Å². The van der Waals surface area contributed by atoms with E-state index in [4.69, 9.17) is 5.73 Å². The second kappa shape index (κ2) is 6.88.